The van der Waals surface area contributed by atoms with Gasteiger partial charge in [0.05, 0.1) is 92.2 Å². The summed E-state index contributed by atoms with van der Waals surface area (Å²) in [7, 11) is 32.9. The molecule has 12 heterocycles. The summed E-state index contributed by atoms with van der Waals surface area (Å²) in [4.78, 5) is 47.4. The molecule has 0 spiro atoms. The van der Waals surface area contributed by atoms with Crippen molar-refractivity contribution in [2.45, 2.75) is 84.3 Å². The van der Waals surface area contributed by atoms with Crippen molar-refractivity contribution in [2.75, 3.05) is 23.0 Å². The van der Waals surface area contributed by atoms with E-state index in [0.29, 0.717) is 80.3 Å². The second-order valence-corrected chi connectivity index (χ2v) is 25.8. The maximum atomic E-state index is 13.5. The fourth-order valence-corrected chi connectivity index (χ4v) is 12.6. The van der Waals surface area contributed by atoms with E-state index in [4.69, 9.17) is 38.8 Å². The van der Waals surface area contributed by atoms with E-state index in [1.54, 1.807) is 102 Å². The van der Waals surface area contributed by atoms with Gasteiger partial charge in [-0.05, 0) is 98.2 Å². The molecule has 0 aromatic carbocycles. The maximum absolute atomic E-state index is 13.5. The molecule has 572 valence electrons. The van der Waals surface area contributed by atoms with Crippen LogP contribution in [-0.4, -0.2) is 132 Å². The number of halogens is 22. The summed E-state index contributed by atoms with van der Waals surface area (Å²) in [5.41, 5.74) is -0.416. The molecule has 0 atom stereocenters. The number of alkyl halides is 16. The van der Waals surface area contributed by atoms with Gasteiger partial charge in [0, 0.05) is 53.5 Å². The Labute approximate surface area is 727 Å². The van der Waals surface area contributed by atoms with Gasteiger partial charge >= 0.3 is 182 Å². The normalized spacial score (nSPS) is 11.5. The molecule has 12 aromatic rings. The number of pyridine rings is 4. The van der Waals surface area contributed by atoms with Crippen LogP contribution in [0.25, 0.3) is 90.2 Å². The fraction of sp³-hybridized carbons (Fsp3) is 0.379. The van der Waals surface area contributed by atoms with Gasteiger partial charge in [-0.3, -0.25) is 9.97 Å². The number of aryl methyl sites for hydroxylation is 8. The fourth-order valence-electron chi connectivity index (χ4n) is 9.44. The van der Waals surface area contributed by atoms with Crippen LogP contribution in [0.3, 0.4) is 0 Å². The smallest absolute Gasteiger partial charge is 1.00 e. The molecule has 0 bridgehead atoms. The van der Waals surface area contributed by atoms with Gasteiger partial charge in [-0.15, -0.1) is 0 Å². The number of hydrogen-bond acceptors (Lipinski definition) is 16. The summed E-state index contributed by atoms with van der Waals surface area (Å²) in [6.45, 7) is 7.92. The Morgan fingerprint density at radius 2 is 0.518 bits per heavy atom. The van der Waals surface area contributed by atoms with E-state index in [9.17, 15) is 70.2 Å². The van der Waals surface area contributed by atoms with Crippen molar-refractivity contribution in [3.8, 4) is 46.1 Å². The molecule has 110 heavy (non-hydrogen) atoms. The summed E-state index contributed by atoms with van der Waals surface area (Å²) in [6, 6.07) is 3.23. The minimum absolute atomic E-state index is 0. The molecule has 0 aliphatic rings. The summed E-state index contributed by atoms with van der Waals surface area (Å²) < 4.78 is 220. The Bertz CT molecular complexity index is 4620. The van der Waals surface area contributed by atoms with Crippen LogP contribution in [0.5, 0.6) is 0 Å². The summed E-state index contributed by atoms with van der Waals surface area (Å²) >= 11 is 9.52. The van der Waals surface area contributed by atoms with Gasteiger partial charge in [0.2, 0.25) is 0 Å². The average Bonchev–Trinajstić information content (AvgIpc) is 1.58. The third-order valence-corrected chi connectivity index (χ3v) is 18.4. The standard InChI is InChI=1S/2C15H13F5N5S.2C14H13F3N5S.6ClH.2Li.4Zn/c2*1-4-26-13-11(22-7-24(13)2)12-23-8-5-10(14(16,17)15(18,19)20)21-6-9(8)25(12)3;2*1-4-23-13-11(19-7-21(13)2)12-20-8-5-10(14(15,16)17)18-6-9(8)22(12)3;;;;;;;;;;;;/h2*5-6H,4H2,1-3H3;2*5-6H,4H2,1-3H3;6*1H;;;;;;/q4*-1;;;;;;;2*+1;4*+2/p-6. The topological polar surface area (TPSA) is 194 Å². The molecule has 0 amide bonds. The van der Waals surface area contributed by atoms with E-state index in [1.165, 1.54) is 35.9 Å². The first kappa shape index (κ1) is 105. The van der Waals surface area contributed by atoms with Crippen LogP contribution in [0.4, 0.5) is 70.2 Å². The Morgan fingerprint density at radius 3 is 0.691 bits per heavy atom. The van der Waals surface area contributed by atoms with Gasteiger partial charge in [-0.25, -0.2) is 29.9 Å². The van der Waals surface area contributed by atoms with E-state index in [0.717, 1.165) is 137 Å². The first-order valence-corrected chi connectivity index (χ1v) is 49.1. The molecule has 0 saturated carbocycles. The summed E-state index contributed by atoms with van der Waals surface area (Å²) in [5.74, 6) is -5.26. The quantitative estimate of drug-likeness (QED) is 0.0594. The van der Waals surface area contributed by atoms with Crippen LogP contribution in [0.2, 0.25) is 0 Å². The Balaban J connectivity index is 0.000000703. The summed E-state index contributed by atoms with van der Waals surface area (Å²) in [5, 5.41) is 3.27. The molecular formula is C58H52Cl6F16Li2N20S4Zn4. The van der Waals surface area contributed by atoms with Gasteiger partial charge < -0.3 is 81.3 Å². The Kier molecular flexibility index (Phi) is 43.1. The van der Waals surface area contributed by atoms with Crippen molar-refractivity contribution in [1.82, 2.24) is 96.3 Å². The molecule has 20 nitrogen and oxygen atoms in total. The number of nitrogens with zero attached hydrogens (tertiary/aromatic N) is 20. The average molecular weight is 1950 g/mol. The maximum Gasteiger partial charge on any atom is 1.00 e. The molecule has 0 N–H and O–H groups in total. The van der Waals surface area contributed by atoms with Crippen molar-refractivity contribution >= 4 is 130 Å². The molecule has 0 unspecified atom stereocenters. The van der Waals surface area contributed by atoms with Crippen molar-refractivity contribution in [1.29, 1.82) is 0 Å². The SMILES string of the molecule is CCSc1c(-c2nc3cc(C(F)(F)C(F)(F)F)ncc3n2C)n[c-]n1C.CCSc1c(-c2nc3cc(C(F)(F)C(F)(F)F)ncc3n2C)n[c-]n1C.CCSc1c(-c2nc3cc(C(F)(F)F)ncc3n2C)n[c-]n1C.CCSc1c(-c2nc3cc(C(F)(F)F)ncc3n2C)n[c-]n1C.[Cl-].[Cl-].[Cl][Zn+].[Cl][Zn+].[Cl][Zn+].[Cl][Zn+].[Li+].[Li+]. The number of hydrogen-bond donors (Lipinski definition) is 0. The van der Waals surface area contributed by atoms with Crippen LogP contribution in [-0.2, 0) is 150 Å². The van der Waals surface area contributed by atoms with E-state index >= 15 is 0 Å². The van der Waals surface area contributed by atoms with E-state index < -0.39 is 59.3 Å². The van der Waals surface area contributed by atoms with Crippen LogP contribution in [0, 0.1) is 25.3 Å². The zero-order valence-electron chi connectivity index (χ0n) is 60.2. The van der Waals surface area contributed by atoms with Crippen molar-refractivity contribution in [2.24, 2.45) is 56.4 Å². The van der Waals surface area contributed by atoms with Crippen molar-refractivity contribution in [3.63, 3.8) is 0 Å². The van der Waals surface area contributed by atoms with Gasteiger partial charge in [-0.1, -0.05) is 47.8 Å². The van der Waals surface area contributed by atoms with Crippen LogP contribution >= 0.6 is 85.8 Å². The minimum atomic E-state index is -5.73. The molecule has 0 aliphatic carbocycles. The second kappa shape index (κ2) is 45.1. The zero-order valence-corrected chi connectivity index (χ0v) is 79.8. The van der Waals surface area contributed by atoms with Gasteiger partial charge in [-0.2, -0.15) is 117 Å². The Morgan fingerprint density at radius 1 is 0.336 bits per heavy atom. The van der Waals surface area contributed by atoms with Crippen LogP contribution in [0.1, 0.15) is 50.5 Å². The molecule has 12 rings (SSSR count). The van der Waals surface area contributed by atoms with Gasteiger partial charge in [0.15, 0.2) is 0 Å². The van der Waals surface area contributed by atoms with Gasteiger partial charge in [0.1, 0.15) is 22.8 Å². The molecular weight excluding hydrogens is 1900 g/mol. The van der Waals surface area contributed by atoms with Crippen LogP contribution < -0.4 is 62.5 Å². The molecule has 0 radical (unpaired) electrons. The molecule has 52 heteroatoms. The first-order chi connectivity index (χ1) is 49.8. The third kappa shape index (κ3) is 23.7. The monoisotopic (exact) mass is 1940 g/mol. The van der Waals surface area contributed by atoms with Crippen molar-refractivity contribution in [3.05, 3.63) is 97.1 Å². The number of aromatic nitrogens is 20. The predicted octanol–water partition coefficient (Wildman–Crippen LogP) is 5.23. The third-order valence-electron chi connectivity index (χ3n) is 14.3. The Hall–Kier alpha value is -2.97. The van der Waals surface area contributed by atoms with E-state index in [2.05, 4.69) is 85.1 Å². The van der Waals surface area contributed by atoms with Gasteiger partial charge in [0.25, 0.3) is 0 Å². The number of fused-ring (bicyclic) bond motifs is 4. The number of thioether (sulfide) groups is 4. The van der Waals surface area contributed by atoms with E-state index in [-0.39, 0.29) is 84.6 Å². The largest absolute Gasteiger partial charge is 1.00 e. The zero-order chi connectivity index (χ0) is 80.1. The van der Waals surface area contributed by atoms with E-state index in [1.807, 2.05) is 41.8 Å². The van der Waals surface area contributed by atoms with Crippen LogP contribution in [0.15, 0.2) is 69.2 Å². The molecule has 0 fully saturated rings. The minimum Gasteiger partial charge on any atom is 1.00 e. The second-order valence-electron chi connectivity index (χ2n) is 20.8. The first-order valence-electron chi connectivity index (χ1n) is 29.5. The molecule has 0 saturated heterocycles. The molecule has 0 aliphatic heterocycles. The van der Waals surface area contributed by atoms with Crippen molar-refractivity contribution < 1.29 is 202 Å². The molecule has 12 aromatic heterocycles. The number of rotatable bonds is 14. The number of imidazole rings is 8. The summed E-state index contributed by atoms with van der Waals surface area (Å²) in [6.07, 6.45) is -4.99. The predicted molar refractivity (Wildman–Crippen MR) is 357 cm³/mol.